The van der Waals surface area contributed by atoms with E-state index in [1.807, 2.05) is 103 Å². The van der Waals surface area contributed by atoms with Crippen LogP contribution in [0.5, 0.6) is 0 Å². The molecule has 3 aromatic carbocycles. The number of hydrogen-bond acceptors (Lipinski definition) is 4. The van der Waals surface area contributed by atoms with E-state index >= 15 is 0 Å². The SMILES string of the molecule is CSC(C)(n1nnc2ccccc21)C(O)(c1ccccc1)c1ccccc1. The van der Waals surface area contributed by atoms with Crippen molar-refractivity contribution in [2.75, 3.05) is 6.26 Å². The quantitative estimate of drug-likeness (QED) is 0.562. The lowest BCUT2D eigenvalue weighted by atomic mass is 9.80. The first-order chi connectivity index (χ1) is 13.1. The minimum atomic E-state index is -1.31. The highest BCUT2D eigenvalue weighted by Gasteiger charge is 2.52. The van der Waals surface area contributed by atoms with Gasteiger partial charge in [-0.3, -0.25) is 0 Å². The normalized spacial score (nSPS) is 14.2. The molecule has 1 heterocycles. The van der Waals surface area contributed by atoms with Crippen LogP contribution in [0.25, 0.3) is 11.0 Å². The van der Waals surface area contributed by atoms with Crippen LogP contribution in [0.2, 0.25) is 0 Å². The van der Waals surface area contributed by atoms with Crippen molar-refractivity contribution in [2.24, 2.45) is 0 Å². The highest BCUT2D eigenvalue weighted by Crippen LogP contribution is 2.50. The van der Waals surface area contributed by atoms with Crippen molar-refractivity contribution >= 4 is 22.8 Å². The molecule has 1 unspecified atom stereocenters. The van der Waals surface area contributed by atoms with Crippen LogP contribution in [-0.2, 0) is 10.5 Å². The van der Waals surface area contributed by atoms with Gasteiger partial charge in [-0.15, -0.1) is 16.9 Å². The molecule has 0 aliphatic heterocycles. The summed E-state index contributed by atoms with van der Waals surface area (Å²) in [6, 6.07) is 27.4. The fourth-order valence-electron chi connectivity index (χ4n) is 3.63. The summed E-state index contributed by atoms with van der Waals surface area (Å²) in [6.07, 6.45) is 1.99. The maximum absolute atomic E-state index is 12.3. The van der Waals surface area contributed by atoms with Crippen LogP contribution < -0.4 is 0 Å². The van der Waals surface area contributed by atoms with Gasteiger partial charge in [0.25, 0.3) is 0 Å². The number of fused-ring (bicyclic) bond motifs is 1. The van der Waals surface area contributed by atoms with Gasteiger partial charge in [-0.2, -0.15) is 0 Å². The van der Waals surface area contributed by atoms with Gasteiger partial charge in [0.2, 0.25) is 0 Å². The number of aromatic nitrogens is 3. The predicted molar refractivity (Wildman–Crippen MR) is 111 cm³/mol. The summed E-state index contributed by atoms with van der Waals surface area (Å²) in [7, 11) is 0. The van der Waals surface area contributed by atoms with Gasteiger partial charge in [-0.1, -0.05) is 78.0 Å². The van der Waals surface area contributed by atoms with Crippen molar-refractivity contribution in [3.05, 3.63) is 96.1 Å². The van der Waals surface area contributed by atoms with Crippen LogP contribution in [0.4, 0.5) is 0 Å². The molecule has 1 atom stereocenters. The molecule has 4 aromatic rings. The maximum Gasteiger partial charge on any atom is 0.149 e. The molecule has 0 radical (unpaired) electrons. The standard InChI is InChI=1S/C22H21N3OS/c1-21(27-2,25-20-16-10-9-15-19(20)23-24-25)22(26,17-11-5-3-6-12-17)18-13-7-4-8-14-18/h3-16,26H,1-2H3. The number of hydrogen-bond donors (Lipinski definition) is 1. The first kappa shape index (κ1) is 17.8. The molecule has 0 saturated carbocycles. The lowest BCUT2D eigenvalue weighted by molar-refractivity contribution is 0.00726. The van der Waals surface area contributed by atoms with E-state index in [9.17, 15) is 5.11 Å². The molecule has 0 spiro atoms. The lowest BCUT2D eigenvalue weighted by Crippen LogP contribution is -2.50. The minimum absolute atomic E-state index is 0.807. The van der Waals surface area contributed by atoms with Crippen LogP contribution in [0.15, 0.2) is 84.9 Å². The van der Waals surface area contributed by atoms with Gasteiger partial charge in [0.1, 0.15) is 16.0 Å². The second kappa shape index (κ2) is 6.83. The van der Waals surface area contributed by atoms with Gasteiger partial charge in [-0.05, 0) is 36.4 Å². The third-order valence-corrected chi connectivity index (χ3v) is 6.47. The Morgan fingerprint density at radius 3 is 1.89 bits per heavy atom. The number of nitrogens with zero attached hydrogens (tertiary/aromatic N) is 3. The summed E-state index contributed by atoms with van der Waals surface area (Å²) < 4.78 is 1.84. The highest BCUT2D eigenvalue weighted by molar-refractivity contribution is 7.99. The third kappa shape index (κ3) is 2.66. The highest BCUT2D eigenvalue weighted by atomic mass is 32.2. The molecule has 136 valence electrons. The zero-order chi connectivity index (χ0) is 18.9. The van der Waals surface area contributed by atoms with E-state index in [0.29, 0.717) is 0 Å². The van der Waals surface area contributed by atoms with Crippen LogP contribution in [0.3, 0.4) is 0 Å². The molecule has 5 heteroatoms. The van der Waals surface area contributed by atoms with Crippen LogP contribution in [-0.4, -0.2) is 26.4 Å². The first-order valence-corrected chi connectivity index (χ1v) is 10.0. The largest absolute Gasteiger partial charge is 0.377 e. The predicted octanol–water partition coefficient (Wildman–Crippen LogP) is 4.40. The zero-order valence-corrected chi connectivity index (χ0v) is 16.1. The van der Waals surface area contributed by atoms with Crippen molar-refractivity contribution in [1.82, 2.24) is 15.0 Å². The molecular formula is C22H21N3OS. The van der Waals surface area contributed by atoms with Crippen molar-refractivity contribution in [1.29, 1.82) is 0 Å². The molecule has 27 heavy (non-hydrogen) atoms. The molecule has 0 saturated heterocycles. The van der Waals surface area contributed by atoms with Crippen molar-refractivity contribution in [2.45, 2.75) is 17.4 Å². The molecule has 0 aliphatic rings. The molecule has 1 aromatic heterocycles. The topological polar surface area (TPSA) is 50.9 Å². The Kier molecular flexibility index (Phi) is 4.50. The van der Waals surface area contributed by atoms with Gasteiger partial charge in [0.15, 0.2) is 0 Å². The fraction of sp³-hybridized carbons (Fsp3) is 0.182. The Hall–Kier alpha value is -2.63. The summed E-state index contributed by atoms with van der Waals surface area (Å²) in [4.78, 5) is -0.828. The average Bonchev–Trinajstić information content (AvgIpc) is 3.18. The Bertz CT molecular complexity index is 1010. The van der Waals surface area contributed by atoms with Crippen LogP contribution in [0, 0.1) is 0 Å². The van der Waals surface area contributed by atoms with Crippen LogP contribution >= 0.6 is 11.8 Å². The number of aliphatic hydroxyl groups is 1. The Morgan fingerprint density at radius 2 is 1.33 bits per heavy atom. The number of benzene rings is 3. The van der Waals surface area contributed by atoms with Gasteiger partial charge in [-0.25, -0.2) is 4.68 Å². The molecule has 1 N–H and O–H groups in total. The van der Waals surface area contributed by atoms with E-state index < -0.39 is 10.5 Å². The number of thioether (sulfide) groups is 1. The second-order valence-electron chi connectivity index (χ2n) is 6.62. The Balaban J connectivity index is 2.03. The first-order valence-electron chi connectivity index (χ1n) is 8.81. The van der Waals surface area contributed by atoms with E-state index in [1.165, 1.54) is 0 Å². The van der Waals surface area contributed by atoms with Gasteiger partial charge in [0.05, 0.1) is 5.52 Å². The fourth-order valence-corrected chi connectivity index (χ4v) is 4.47. The molecule has 0 fully saturated rings. The smallest absolute Gasteiger partial charge is 0.149 e. The van der Waals surface area contributed by atoms with E-state index in [1.54, 1.807) is 11.8 Å². The van der Waals surface area contributed by atoms with Gasteiger partial charge in [0, 0.05) is 0 Å². The second-order valence-corrected chi connectivity index (χ2v) is 7.82. The van der Waals surface area contributed by atoms with Crippen molar-refractivity contribution in [3.63, 3.8) is 0 Å². The lowest BCUT2D eigenvalue weighted by Gasteiger charge is -2.44. The van der Waals surface area contributed by atoms with Crippen molar-refractivity contribution < 1.29 is 5.11 Å². The Morgan fingerprint density at radius 1 is 0.815 bits per heavy atom. The van der Waals surface area contributed by atoms with E-state index in [0.717, 1.165) is 22.2 Å². The summed E-state index contributed by atoms with van der Waals surface area (Å²) in [5.74, 6) is 0. The molecule has 4 rings (SSSR count). The number of rotatable bonds is 5. The molecular weight excluding hydrogens is 354 g/mol. The molecule has 0 aliphatic carbocycles. The summed E-state index contributed by atoms with van der Waals surface area (Å²) in [6.45, 7) is 2.01. The minimum Gasteiger partial charge on any atom is -0.377 e. The summed E-state index contributed by atoms with van der Waals surface area (Å²) in [5, 5.41) is 21.1. The van der Waals surface area contributed by atoms with Crippen LogP contribution in [0.1, 0.15) is 18.1 Å². The zero-order valence-electron chi connectivity index (χ0n) is 15.3. The summed E-state index contributed by atoms with van der Waals surface area (Å²) in [5.41, 5.74) is 2.01. The van der Waals surface area contributed by atoms with Crippen molar-refractivity contribution in [3.8, 4) is 0 Å². The monoisotopic (exact) mass is 375 g/mol. The van der Waals surface area contributed by atoms with E-state index in [4.69, 9.17) is 0 Å². The molecule has 0 amide bonds. The third-order valence-electron chi connectivity index (χ3n) is 5.21. The Labute approximate surface area is 162 Å². The van der Waals surface area contributed by atoms with Gasteiger partial charge >= 0.3 is 0 Å². The van der Waals surface area contributed by atoms with Gasteiger partial charge < -0.3 is 5.11 Å². The van der Waals surface area contributed by atoms with E-state index in [2.05, 4.69) is 10.3 Å². The molecule has 4 nitrogen and oxygen atoms in total. The maximum atomic E-state index is 12.3. The summed E-state index contributed by atoms with van der Waals surface area (Å²) >= 11 is 1.55. The molecule has 0 bridgehead atoms. The number of para-hydroxylation sites is 1. The average molecular weight is 375 g/mol. The van der Waals surface area contributed by atoms with E-state index in [-0.39, 0.29) is 0 Å².